The summed E-state index contributed by atoms with van der Waals surface area (Å²) in [5.74, 6) is 0.792. The van der Waals surface area contributed by atoms with E-state index in [1.54, 1.807) is 0 Å². The van der Waals surface area contributed by atoms with Crippen molar-refractivity contribution in [3.05, 3.63) is 0 Å². The van der Waals surface area contributed by atoms with Crippen LogP contribution in [-0.4, -0.2) is 49.6 Å². The summed E-state index contributed by atoms with van der Waals surface area (Å²) in [7, 11) is 2.15. The standard InChI is InChI=1S/C13H25N3O/c1-10-9-16(2)7-5-12(10)15-13(17)8-11-4-3-6-14-11/h10-12,14H,3-9H2,1-2H3,(H,15,17). The molecule has 2 aliphatic rings. The van der Waals surface area contributed by atoms with E-state index in [1.807, 2.05) is 0 Å². The summed E-state index contributed by atoms with van der Waals surface area (Å²) in [5, 5.41) is 6.58. The molecule has 2 fully saturated rings. The molecule has 3 unspecified atom stereocenters. The number of amides is 1. The van der Waals surface area contributed by atoms with Crippen LogP contribution in [0.15, 0.2) is 0 Å². The first-order valence-electron chi connectivity index (χ1n) is 6.86. The van der Waals surface area contributed by atoms with Gasteiger partial charge in [-0.25, -0.2) is 0 Å². The van der Waals surface area contributed by atoms with Crippen molar-refractivity contribution in [1.29, 1.82) is 0 Å². The predicted octanol–water partition coefficient (Wildman–Crippen LogP) is 0.585. The largest absolute Gasteiger partial charge is 0.353 e. The predicted molar refractivity (Wildman–Crippen MR) is 68.9 cm³/mol. The van der Waals surface area contributed by atoms with Gasteiger partial charge in [0.1, 0.15) is 0 Å². The zero-order valence-corrected chi connectivity index (χ0v) is 11.0. The van der Waals surface area contributed by atoms with E-state index in [-0.39, 0.29) is 5.91 Å². The molecule has 98 valence electrons. The van der Waals surface area contributed by atoms with Gasteiger partial charge in [-0.05, 0) is 45.3 Å². The highest BCUT2D eigenvalue weighted by Crippen LogP contribution is 2.16. The lowest BCUT2D eigenvalue weighted by molar-refractivity contribution is -0.122. The van der Waals surface area contributed by atoms with Crippen LogP contribution in [0.2, 0.25) is 0 Å². The van der Waals surface area contributed by atoms with Crippen LogP contribution in [0.3, 0.4) is 0 Å². The summed E-state index contributed by atoms with van der Waals surface area (Å²) in [6, 6.07) is 0.789. The number of nitrogens with one attached hydrogen (secondary N) is 2. The number of carbonyl (C=O) groups excluding carboxylic acids is 1. The van der Waals surface area contributed by atoms with Crippen molar-refractivity contribution in [2.45, 2.75) is 44.7 Å². The maximum atomic E-state index is 11.9. The molecule has 0 aromatic carbocycles. The summed E-state index contributed by atoms with van der Waals surface area (Å²) >= 11 is 0. The van der Waals surface area contributed by atoms with Crippen molar-refractivity contribution in [3.8, 4) is 0 Å². The maximum absolute atomic E-state index is 11.9. The molecule has 2 aliphatic heterocycles. The highest BCUT2D eigenvalue weighted by atomic mass is 16.1. The van der Waals surface area contributed by atoms with E-state index in [0.717, 1.165) is 32.5 Å². The molecule has 17 heavy (non-hydrogen) atoms. The van der Waals surface area contributed by atoms with Crippen molar-refractivity contribution in [2.24, 2.45) is 5.92 Å². The third-order valence-electron chi connectivity index (χ3n) is 4.05. The van der Waals surface area contributed by atoms with Crippen molar-refractivity contribution in [1.82, 2.24) is 15.5 Å². The molecule has 4 nitrogen and oxygen atoms in total. The molecule has 0 spiro atoms. The van der Waals surface area contributed by atoms with Gasteiger partial charge in [0.15, 0.2) is 0 Å². The van der Waals surface area contributed by atoms with Gasteiger partial charge in [0.25, 0.3) is 0 Å². The summed E-state index contributed by atoms with van der Waals surface area (Å²) in [5.41, 5.74) is 0. The Bertz CT molecular complexity index is 263. The van der Waals surface area contributed by atoms with E-state index in [4.69, 9.17) is 0 Å². The van der Waals surface area contributed by atoms with E-state index in [9.17, 15) is 4.79 Å². The quantitative estimate of drug-likeness (QED) is 0.757. The minimum Gasteiger partial charge on any atom is -0.353 e. The van der Waals surface area contributed by atoms with Crippen LogP contribution in [0.5, 0.6) is 0 Å². The SMILES string of the molecule is CC1CN(C)CCC1NC(=O)CC1CCCN1. The van der Waals surface area contributed by atoms with Gasteiger partial charge in [0.2, 0.25) is 5.91 Å². The Morgan fingerprint density at radius 2 is 2.29 bits per heavy atom. The van der Waals surface area contributed by atoms with Crippen LogP contribution in [0.4, 0.5) is 0 Å². The Balaban J connectivity index is 1.73. The first-order chi connectivity index (χ1) is 8.15. The summed E-state index contributed by atoms with van der Waals surface area (Å²) in [6.07, 6.45) is 4.10. The molecule has 2 rings (SSSR count). The minimum atomic E-state index is 0.228. The van der Waals surface area contributed by atoms with E-state index in [2.05, 4.69) is 29.5 Å². The van der Waals surface area contributed by atoms with Gasteiger partial charge >= 0.3 is 0 Å². The Hall–Kier alpha value is -0.610. The Kier molecular flexibility index (Phi) is 4.40. The first kappa shape index (κ1) is 12.8. The van der Waals surface area contributed by atoms with Gasteiger partial charge in [-0.1, -0.05) is 6.92 Å². The molecule has 3 atom stereocenters. The van der Waals surface area contributed by atoms with Crippen LogP contribution < -0.4 is 10.6 Å². The number of piperidine rings is 1. The molecule has 2 heterocycles. The number of likely N-dealkylation sites (tertiary alicyclic amines) is 1. The molecule has 0 bridgehead atoms. The second-order valence-corrected chi connectivity index (χ2v) is 5.70. The molecular weight excluding hydrogens is 214 g/mol. The third kappa shape index (κ3) is 3.68. The lowest BCUT2D eigenvalue weighted by Crippen LogP contribution is -2.49. The van der Waals surface area contributed by atoms with Gasteiger partial charge in [0.05, 0.1) is 0 Å². The zero-order valence-electron chi connectivity index (χ0n) is 11.0. The number of rotatable bonds is 3. The molecule has 0 aliphatic carbocycles. The molecule has 2 N–H and O–H groups in total. The van der Waals surface area contributed by atoms with Crippen LogP contribution in [0, 0.1) is 5.92 Å². The lowest BCUT2D eigenvalue weighted by atomic mass is 9.94. The molecule has 4 heteroatoms. The van der Waals surface area contributed by atoms with E-state index < -0.39 is 0 Å². The van der Waals surface area contributed by atoms with Gasteiger partial charge in [-0.2, -0.15) is 0 Å². The number of carbonyl (C=O) groups is 1. The average Bonchev–Trinajstić information content (AvgIpc) is 2.75. The summed E-state index contributed by atoms with van der Waals surface area (Å²) in [6.45, 7) is 5.49. The summed E-state index contributed by atoms with van der Waals surface area (Å²) in [4.78, 5) is 14.3. The fourth-order valence-electron chi connectivity index (χ4n) is 2.99. The normalized spacial score (nSPS) is 34.8. The highest BCUT2D eigenvalue weighted by Gasteiger charge is 2.26. The maximum Gasteiger partial charge on any atom is 0.221 e. The number of hydrogen-bond donors (Lipinski definition) is 2. The molecule has 0 aromatic heterocycles. The van der Waals surface area contributed by atoms with E-state index in [0.29, 0.717) is 24.4 Å². The molecular formula is C13H25N3O. The number of hydrogen-bond acceptors (Lipinski definition) is 3. The Morgan fingerprint density at radius 3 is 2.94 bits per heavy atom. The second-order valence-electron chi connectivity index (χ2n) is 5.70. The molecule has 1 amide bonds. The fraction of sp³-hybridized carbons (Fsp3) is 0.923. The van der Waals surface area contributed by atoms with Crippen LogP contribution in [-0.2, 0) is 4.79 Å². The van der Waals surface area contributed by atoms with Crippen molar-refractivity contribution in [3.63, 3.8) is 0 Å². The van der Waals surface area contributed by atoms with Gasteiger partial charge in [0, 0.05) is 25.0 Å². The minimum absolute atomic E-state index is 0.228. The molecule has 0 aromatic rings. The van der Waals surface area contributed by atoms with Crippen molar-refractivity contribution in [2.75, 3.05) is 26.7 Å². The first-order valence-corrected chi connectivity index (χ1v) is 6.86. The fourth-order valence-corrected chi connectivity index (χ4v) is 2.99. The monoisotopic (exact) mass is 239 g/mol. The summed E-state index contributed by atoms with van der Waals surface area (Å²) < 4.78 is 0. The second kappa shape index (κ2) is 5.83. The van der Waals surface area contributed by atoms with Crippen LogP contribution >= 0.6 is 0 Å². The van der Waals surface area contributed by atoms with Crippen molar-refractivity contribution < 1.29 is 4.79 Å². The highest BCUT2D eigenvalue weighted by molar-refractivity contribution is 5.77. The Labute approximate surface area is 104 Å². The molecule has 0 radical (unpaired) electrons. The topological polar surface area (TPSA) is 44.4 Å². The number of nitrogens with zero attached hydrogens (tertiary/aromatic N) is 1. The van der Waals surface area contributed by atoms with E-state index >= 15 is 0 Å². The Morgan fingerprint density at radius 1 is 1.47 bits per heavy atom. The molecule has 2 saturated heterocycles. The van der Waals surface area contributed by atoms with Gasteiger partial charge < -0.3 is 15.5 Å². The van der Waals surface area contributed by atoms with Crippen LogP contribution in [0.25, 0.3) is 0 Å². The smallest absolute Gasteiger partial charge is 0.221 e. The lowest BCUT2D eigenvalue weighted by Gasteiger charge is -2.35. The van der Waals surface area contributed by atoms with Gasteiger partial charge in [-0.15, -0.1) is 0 Å². The van der Waals surface area contributed by atoms with E-state index in [1.165, 1.54) is 6.42 Å². The molecule has 0 saturated carbocycles. The third-order valence-corrected chi connectivity index (χ3v) is 4.05. The zero-order chi connectivity index (χ0) is 12.3. The van der Waals surface area contributed by atoms with Crippen LogP contribution in [0.1, 0.15) is 32.6 Å². The van der Waals surface area contributed by atoms with Crippen molar-refractivity contribution >= 4 is 5.91 Å². The van der Waals surface area contributed by atoms with Gasteiger partial charge in [-0.3, -0.25) is 4.79 Å². The average molecular weight is 239 g/mol.